The average Bonchev–Trinajstić information content (AvgIpc) is 2.92. The van der Waals surface area contributed by atoms with E-state index in [0.717, 1.165) is 11.5 Å². The minimum atomic E-state index is -2.47. The van der Waals surface area contributed by atoms with Crippen molar-refractivity contribution in [3.8, 4) is 11.5 Å². The third-order valence-electron chi connectivity index (χ3n) is 2.28. The van der Waals surface area contributed by atoms with Gasteiger partial charge in [-0.2, -0.15) is 9.36 Å². The van der Waals surface area contributed by atoms with Gasteiger partial charge >= 0.3 is 0 Å². The predicted octanol–water partition coefficient (Wildman–Crippen LogP) is 1.91. The van der Waals surface area contributed by atoms with Gasteiger partial charge in [0.1, 0.15) is 11.6 Å². The molecule has 0 aliphatic carbocycles. The van der Waals surface area contributed by atoms with Gasteiger partial charge in [0, 0.05) is 6.42 Å². The topological polar surface area (TPSA) is 87.1 Å². The highest BCUT2D eigenvalue weighted by atomic mass is 32.1. The lowest BCUT2D eigenvalue weighted by Crippen LogP contribution is -2.07. The van der Waals surface area contributed by atoms with Crippen LogP contribution in [0.3, 0.4) is 0 Å². The van der Waals surface area contributed by atoms with Crippen molar-refractivity contribution in [3.05, 3.63) is 11.5 Å². The van der Waals surface area contributed by atoms with E-state index in [9.17, 15) is 8.78 Å². The molecule has 0 aliphatic heterocycles. The van der Waals surface area contributed by atoms with Crippen molar-refractivity contribution in [1.82, 2.24) is 14.5 Å². The second kappa shape index (κ2) is 6.02. The number of alkyl halides is 2. The Labute approximate surface area is 111 Å². The molecule has 2 aromatic rings. The Balaban J connectivity index is 1.96. The smallest absolute Gasteiger partial charge is 0.262 e. The second-order valence-electron chi connectivity index (χ2n) is 3.74. The number of anilines is 1. The lowest BCUT2D eigenvalue weighted by Gasteiger charge is -1.99. The number of aryl methyl sites for hydroxylation is 1. The normalized spacial score (nSPS) is 11.4. The molecule has 0 unspecified atom stereocenters. The van der Waals surface area contributed by atoms with Gasteiger partial charge in [0.2, 0.25) is 0 Å². The van der Waals surface area contributed by atoms with E-state index in [1.165, 1.54) is 0 Å². The van der Waals surface area contributed by atoms with E-state index in [1.807, 2.05) is 0 Å². The first kappa shape index (κ1) is 13.8. The fourth-order valence-corrected chi connectivity index (χ4v) is 2.09. The molecule has 0 atom stereocenters. The fraction of sp³-hybridized carbons (Fsp3) is 0.500. The van der Waals surface area contributed by atoms with Crippen LogP contribution in [0.4, 0.5) is 13.8 Å². The molecular weight excluding hydrogens is 278 g/mol. The molecule has 2 aromatic heterocycles. The fourth-order valence-electron chi connectivity index (χ4n) is 1.44. The highest BCUT2D eigenvalue weighted by molar-refractivity contribution is 7.10. The molecule has 2 heterocycles. The van der Waals surface area contributed by atoms with Gasteiger partial charge in [-0.25, -0.2) is 8.78 Å². The van der Waals surface area contributed by atoms with Gasteiger partial charge < -0.3 is 15.0 Å². The van der Waals surface area contributed by atoms with E-state index in [1.54, 1.807) is 6.92 Å². The number of nitrogen functional groups attached to an aromatic ring is 1. The van der Waals surface area contributed by atoms with Crippen molar-refractivity contribution >= 4 is 16.5 Å². The van der Waals surface area contributed by atoms with Gasteiger partial charge in [0.25, 0.3) is 12.3 Å². The molecule has 0 aliphatic rings. The molecule has 9 heteroatoms. The molecule has 0 amide bonds. The molecule has 0 spiro atoms. The lowest BCUT2D eigenvalue weighted by molar-refractivity contribution is 0.0182. The number of nitrogens with two attached hydrogens (primary N) is 1. The van der Waals surface area contributed by atoms with Crippen LogP contribution in [-0.2, 0) is 11.2 Å². The number of hydrogen-bond acceptors (Lipinski definition) is 7. The number of halogens is 2. The van der Waals surface area contributed by atoms with Crippen molar-refractivity contribution in [1.29, 1.82) is 0 Å². The van der Waals surface area contributed by atoms with Crippen LogP contribution in [0.15, 0.2) is 4.52 Å². The van der Waals surface area contributed by atoms with Crippen LogP contribution >= 0.6 is 11.5 Å². The number of hydrogen-bond donors (Lipinski definition) is 1. The zero-order valence-corrected chi connectivity index (χ0v) is 10.9. The monoisotopic (exact) mass is 290 g/mol. The first-order valence-electron chi connectivity index (χ1n) is 5.48. The molecule has 0 saturated carbocycles. The van der Waals surface area contributed by atoms with E-state index in [0.29, 0.717) is 28.5 Å². The molecule has 0 radical (unpaired) electrons. The lowest BCUT2D eigenvalue weighted by atomic mass is 10.2. The van der Waals surface area contributed by atoms with Gasteiger partial charge in [-0.3, -0.25) is 0 Å². The largest absolute Gasteiger partial charge is 0.389 e. The van der Waals surface area contributed by atoms with E-state index in [2.05, 4.69) is 14.5 Å². The summed E-state index contributed by atoms with van der Waals surface area (Å²) in [6, 6.07) is 0. The Bertz CT molecular complexity index is 524. The maximum atomic E-state index is 11.8. The van der Waals surface area contributed by atoms with Crippen molar-refractivity contribution < 1.29 is 18.0 Å². The van der Waals surface area contributed by atoms with Crippen LogP contribution in [0.25, 0.3) is 11.5 Å². The molecule has 104 valence electrons. The molecule has 0 saturated heterocycles. The molecule has 0 bridgehead atoms. The Morgan fingerprint density at radius 1 is 1.47 bits per heavy atom. The summed E-state index contributed by atoms with van der Waals surface area (Å²) < 4.78 is 37.6. The molecule has 19 heavy (non-hydrogen) atoms. The minimum absolute atomic E-state index is 0.111. The third-order valence-corrected chi connectivity index (χ3v) is 3.05. The van der Waals surface area contributed by atoms with Gasteiger partial charge in [-0.1, -0.05) is 5.16 Å². The zero-order valence-electron chi connectivity index (χ0n) is 10.1. The van der Waals surface area contributed by atoms with Crippen molar-refractivity contribution in [2.24, 2.45) is 0 Å². The minimum Gasteiger partial charge on any atom is -0.389 e. The Morgan fingerprint density at radius 3 is 2.89 bits per heavy atom. The number of nitrogens with zero attached hydrogens (tertiary/aromatic N) is 3. The summed E-state index contributed by atoms with van der Waals surface area (Å²) in [4.78, 5) is 4.13. The summed E-state index contributed by atoms with van der Waals surface area (Å²) >= 11 is 1.15. The molecule has 0 aromatic carbocycles. The van der Waals surface area contributed by atoms with Crippen molar-refractivity contribution in [2.45, 2.75) is 19.8 Å². The van der Waals surface area contributed by atoms with Crippen LogP contribution in [0.2, 0.25) is 0 Å². The maximum Gasteiger partial charge on any atom is 0.262 e. The van der Waals surface area contributed by atoms with Crippen molar-refractivity contribution in [3.63, 3.8) is 0 Å². The molecule has 6 nitrogen and oxygen atoms in total. The average molecular weight is 290 g/mol. The highest BCUT2D eigenvalue weighted by Gasteiger charge is 2.17. The quantitative estimate of drug-likeness (QED) is 0.818. The summed E-state index contributed by atoms with van der Waals surface area (Å²) in [6.45, 7) is 1.31. The van der Waals surface area contributed by atoms with Gasteiger partial charge in [0.15, 0.2) is 5.82 Å². The van der Waals surface area contributed by atoms with Crippen molar-refractivity contribution in [2.75, 3.05) is 18.9 Å². The second-order valence-corrected chi connectivity index (χ2v) is 4.54. The molecule has 2 rings (SSSR count). The summed E-state index contributed by atoms with van der Waals surface area (Å²) in [7, 11) is 0. The van der Waals surface area contributed by atoms with Gasteiger partial charge in [0.05, 0.1) is 17.9 Å². The third kappa shape index (κ3) is 3.44. The summed E-state index contributed by atoms with van der Waals surface area (Å²) in [5.74, 6) is 0.668. The SMILES string of the molecule is Cc1nsc(N)c1-c1nc(CCOCC(F)F)no1. The Morgan fingerprint density at radius 2 is 2.26 bits per heavy atom. The number of ether oxygens (including phenoxy) is 1. The van der Waals surface area contributed by atoms with Gasteiger partial charge in [-0.05, 0) is 18.5 Å². The van der Waals surface area contributed by atoms with Crippen LogP contribution in [-0.4, -0.2) is 34.2 Å². The van der Waals surface area contributed by atoms with E-state index < -0.39 is 13.0 Å². The van der Waals surface area contributed by atoms with E-state index >= 15 is 0 Å². The molecule has 0 fully saturated rings. The standard InChI is InChI=1S/C10H12F2N4O2S/c1-5-8(9(13)19-16-5)10-14-7(15-18-10)2-3-17-4-6(11)12/h6H,2-4,13H2,1H3. The molecule has 2 N–H and O–H groups in total. The first-order chi connectivity index (χ1) is 9.08. The zero-order chi connectivity index (χ0) is 13.8. The predicted molar refractivity (Wildman–Crippen MR) is 65.1 cm³/mol. The Kier molecular flexibility index (Phi) is 4.38. The summed E-state index contributed by atoms with van der Waals surface area (Å²) in [5, 5.41) is 4.24. The number of rotatable bonds is 6. The van der Waals surface area contributed by atoms with E-state index in [4.69, 9.17) is 15.0 Å². The first-order valence-corrected chi connectivity index (χ1v) is 6.26. The van der Waals surface area contributed by atoms with Crippen LogP contribution in [0.5, 0.6) is 0 Å². The maximum absolute atomic E-state index is 11.8. The Hall–Kier alpha value is -1.61. The van der Waals surface area contributed by atoms with E-state index in [-0.39, 0.29) is 12.5 Å². The molecular formula is C10H12F2N4O2S. The highest BCUT2D eigenvalue weighted by Crippen LogP contribution is 2.30. The summed E-state index contributed by atoms with van der Waals surface area (Å²) in [5.41, 5.74) is 7.09. The van der Waals surface area contributed by atoms with Gasteiger partial charge in [-0.15, -0.1) is 0 Å². The van der Waals surface area contributed by atoms with Crippen LogP contribution in [0, 0.1) is 6.92 Å². The summed E-state index contributed by atoms with van der Waals surface area (Å²) in [6.07, 6.45) is -2.17. The van der Waals surface area contributed by atoms with Crippen LogP contribution < -0.4 is 5.73 Å². The number of aromatic nitrogens is 3. The van der Waals surface area contributed by atoms with Crippen LogP contribution in [0.1, 0.15) is 11.5 Å².